The molecule has 0 saturated carbocycles. The van der Waals surface area contributed by atoms with Crippen molar-refractivity contribution in [3.05, 3.63) is 108 Å². The summed E-state index contributed by atoms with van der Waals surface area (Å²) >= 11 is 0. The Bertz CT molecular complexity index is 1040. The molecule has 3 aromatic carbocycles. The van der Waals surface area contributed by atoms with Gasteiger partial charge in [0.1, 0.15) is 0 Å². The molecule has 0 bridgehead atoms. The number of nitrogens with zero attached hydrogens (tertiary/aromatic N) is 1. The summed E-state index contributed by atoms with van der Waals surface area (Å²) < 4.78 is 0. The van der Waals surface area contributed by atoms with Crippen molar-refractivity contribution in [3.63, 3.8) is 0 Å². The summed E-state index contributed by atoms with van der Waals surface area (Å²) in [5.74, 6) is -0.448. The highest BCUT2D eigenvalue weighted by Gasteiger charge is 2.23. The lowest BCUT2D eigenvalue weighted by atomic mass is 9.90. The first-order chi connectivity index (χ1) is 13.2. The van der Waals surface area contributed by atoms with E-state index in [0.29, 0.717) is 0 Å². The van der Waals surface area contributed by atoms with E-state index in [1.165, 1.54) is 0 Å². The number of rotatable bonds is 4. The molecule has 1 aromatic heterocycles. The zero-order chi connectivity index (χ0) is 18.6. The van der Waals surface area contributed by atoms with Crippen LogP contribution in [0.1, 0.15) is 22.7 Å². The predicted molar refractivity (Wildman–Crippen MR) is 110 cm³/mol. The van der Waals surface area contributed by atoms with Gasteiger partial charge in [-0.1, -0.05) is 78.9 Å². The van der Waals surface area contributed by atoms with Gasteiger partial charge in [0, 0.05) is 11.1 Å². The molecular formula is C24H20N2O. The van der Waals surface area contributed by atoms with Crippen LogP contribution in [0.15, 0.2) is 91.0 Å². The number of hydrogen-bond acceptors (Lipinski definition) is 2. The first-order valence-electron chi connectivity index (χ1n) is 8.99. The highest BCUT2D eigenvalue weighted by Crippen LogP contribution is 2.28. The molecule has 4 aromatic rings. The summed E-state index contributed by atoms with van der Waals surface area (Å²) in [4.78, 5) is 17.9. The van der Waals surface area contributed by atoms with Gasteiger partial charge in [0.05, 0.1) is 17.1 Å². The average molecular weight is 352 g/mol. The Labute approximate surface area is 158 Å². The number of anilines is 1. The van der Waals surface area contributed by atoms with Crippen LogP contribution >= 0.6 is 0 Å². The summed E-state index contributed by atoms with van der Waals surface area (Å²) in [7, 11) is 0. The Hall–Kier alpha value is -3.46. The van der Waals surface area contributed by atoms with E-state index in [1.807, 2.05) is 97.9 Å². The first kappa shape index (κ1) is 17.0. The minimum absolute atomic E-state index is 0.0665. The molecule has 0 radical (unpaired) electrons. The Balaban J connectivity index is 1.74. The van der Waals surface area contributed by atoms with Gasteiger partial charge in [-0.15, -0.1) is 0 Å². The van der Waals surface area contributed by atoms with Crippen LogP contribution in [0.25, 0.3) is 10.9 Å². The van der Waals surface area contributed by atoms with Crippen molar-refractivity contribution in [2.75, 3.05) is 5.32 Å². The maximum absolute atomic E-state index is 13.3. The molecule has 0 unspecified atom stereocenters. The van der Waals surface area contributed by atoms with E-state index in [1.54, 1.807) is 0 Å². The van der Waals surface area contributed by atoms with Crippen molar-refractivity contribution in [3.8, 4) is 0 Å². The minimum Gasteiger partial charge on any atom is -0.323 e. The largest absolute Gasteiger partial charge is 0.323 e. The number of benzene rings is 3. The molecule has 0 aliphatic carbocycles. The summed E-state index contributed by atoms with van der Waals surface area (Å²) in [5, 5.41) is 4.12. The number of fused-ring (bicyclic) bond motifs is 1. The second kappa shape index (κ2) is 7.42. The van der Waals surface area contributed by atoms with Crippen molar-refractivity contribution in [1.82, 2.24) is 4.98 Å². The molecule has 0 aliphatic heterocycles. The highest BCUT2D eigenvalue weighted by atomic mass is 16.1. The van der Waals surface area contributed by atoms with Gasteiger partial charge in [-0.3, -0.25) is 9.78 Å². The van der Waals surface area contributed by atoms with Crippen LogP contribution in [-0.2, 0) is 4.79 Å². The van der Waals surface area contributed by atoms with Crippen molar-refractivity contribution in [1.29, 1.82) is 0 Å². The Morgan fingerprint density at radius 2 is 1.41 bits per heavy atom. The fourth-order valence-electron chi connectivity index (χ4n) is 3.34. The van der Waals surface area contributed by atoms with E-state index in [4.69, 9.17) is 0 Å². The number of carbonyl (C=O) groups is 1. The van der Waals surface area contributed by atoms with Gasteiger partial charge >= 0.3 is 0 Å². The summed E-state index contributed by atoms with van der Waals surface area (Å²) in [6.07, 6.45) is 0. The van der Waals surface area contributed by atoms with E-state index in [2.05, 4.69) is 10.3 Å². The molecular weight excluding hydrogens is 332 g/mol. The number of amides is 1. The van der Waals surface area contributed by atoms with Gasteiger partial charge in [0.2, 0.25) is 5.91 Å². The summed E-state index contributed by atoms with van der Waals surface area (Å²) in [6.45, 7) is 1.95. The first-order valence-corrected chi connectivity index (χ1v) is 8.99. The fraction of sp³-hybridized carbons (Fsp3) is 0.0833. The number of carbonyl (C=O) groups excluding carboxylic acids is 1. The molecule has 0 fully saturated rings. The average Bonchev–Trinajstić information content (AvgIpc) is 2.70. The molecule has 1 amide bonds. The Morgan fingerprint density at radius 1 is 0.778 bits per heavy atom. The lowest BCUT2D eigenvalue weighted by Crippen LogP contribution is -2.22. The monoisotopic (exact) mass is 352 g/mol. The summed E-state index contributed by atoms with van der Waals surface area (Å²) in [5.41, 5.74) is 4.40. The van der Waals surface area contributed by atoms with E-state index < -0.39 is 0 Å². The smallest absolute Gasteiger partial charge is 0.236 e. The van der Waals surface area contributed by atoms with E-state index in [9.17, 15) is 4.79 Å². The van der Waals surface area contributed by atoms with Crippen LogP contribution in [0, 0.1) is 6.92 Å². The standard InChI is InChI=1S/C24H20N2O/c1-17-15-16-20-13-8-14-21(23(20)25-17)26-24(27)22(18-9-4-2-5-10-18)19-11-6-3-7-12-19/h2-16,22H,1H3,(H,26,27). The van der Waals surface area contributed by atoms with Crippen LogP contribution in [0.3, 0.4) is 0 Å². The Kier molecular flexibility index (Phi) is 4.67. The van der Waals surface area contributed by atoms with E-state index in [0.717, 1.165) is 33.4 Å². The highest BCUT2D eigenvalue weighted by molar-refractivity contribution is 6.04. The SMILES string of the molecule is Cc1ccc2cccc(NC(=O)C(c3ccccc3)c3ccccc3)c2n1. The van der Waals surface area contributed by atoms with Crippen molar-refractivity contribution in [2.24, 2.45) is 0 Å². The zero-order valence-electron chi connectivity index (χ0n) is 15.1. The molecule has 3 nitrogen and oxygen atoms in total. The number of aryl methyl sites for hydroxylation is 1. The quantitative estimate of drug-likeness (QED) is 0.540. The van der Waals surface area contributed by atoms with Gasteiger partial charge in [0.25, 0.3) is 0 Å². The van der Waals surface area contributed by atoms with Gasteiger partial charge in [-0.05, 0) is 30.2 Å². The van der Waals surface area contributed by atoms with Crippen molar-refractivity contribution in [2.45, 2.75) is 12.8 Å². The number of nitrogens with one attached hydrogen (secondary N) is 1. The van der Waals surface area contributed by atoms with Crippen LogP contribution < -0.4 is 5.32 Å². The molecule has 0 aliphatic rings. The third kappa shape index (κ3) is 3.58. The molecule has 1 heterocycles. The number of pyridine rings is 1. The van der Waals surface area contributed by atoms with Crippen molar-refractivity contribution < 1.29 is 4.79 Å². The molecule has 1 N–H and O–H groups in total. The molecule has 27 heavy (non-hydrogen) atoms. The van der Waals surface area contributed by atoms with Crippen LogP contribution in [0.4, 0.5) is 5.69 Å². The predicted octanol–water partition coefficient (Wildman–Crippen LogP) is 5.31. The maximum Gasteiger partial charge on any atom is 0.236 e. The second-order valence-electron chi connectivity index (χ2n) is 6.57. The molecule has 0 atom stereocenters. The van der Waals surface area contributed by atoms with Gasteiger partial charge in [-0.2, -0.15) is 0 Å². The van der Waals surface area contributed by atoms with Crippen LogP contribution in [-0.4, -0.2) is 10.9 Å². The third-order valence-corrected chi connectivity index (χ3v) is 4.65. The zero-order valence-corrected chi connectivity index (χ0v) is 15.1. The maximum atomic E-state index is 13.3. The van der Waals surface area contributed by atoms with Gasteiger partial charge < -0.3 is 5.32 Å². The lowest BCUT2D eigenvalue weighted by molar-refractivity contribution is -0.116. The van der Waals surface area contributed by atoms with Crippen LogP contribution in [0.5, 0.6) is 0 Å². The number of hydrogen-bond donors (Lipinski definition) is 1. The molecule has 0 spiro atoms. The molecule has 0 saturated heterocycles. The third-order valence-electron chi connectivity index (χ3n) is 4.65. The van der Waals surface area contributed by atoms with Gasteiger partial charge in [-0.25, -0.2) is 0 Å². The number of para-hydroxylation sites is 1. The van der Waals surface area contributed by atoms with E-state index >= 15 is 0 Å². The molecule has 4 rings (SSSR count). The van der Waals surface area contributed by atoms with Gasteiger partial charge in [0.15, 0.2) is 0 Å². The fourth-order valence-corrected chi connectivity index (χ4v) is 3.34. The number of aromatic nitrogens is 1. The normalized spacial score (nSPS) is 10.9. The van der Waals surface area contributed by atoms with Crippen molar-refractivity contribution >= 4 is 22.5 Å². The second-order valence-corrected chi connectivity index (χ2v) is 6.57. The van der Waals surface area contributed by atoms with E-state index in [-0.39, 0.29) is 11.8 Å². The topological polar surface area (TPSA) is 42.0 Å². The minimum atomic E-state index is -0.382. The molecule has 132 valence electrons. The Morgan fingerprint density at radius 3 is 2.04 bits per heavy atom. The van der Waals surface area contributed by atoms with Crippen LogP contribution in [0.2, 0.25) is 0 Å². The molecule has 3 heteroatoms. The summed E-state index contributed by atoms with van der Waals surface area (Å²) in [6, 6.07) is 29.6. The lowest BCUT2D eigenvalue weighted by Gasteiger charge is -2.18.